The Kier molecular flexibility index (Phi) is 2.55. The van der Waals surface area contributed by atoms with Crippen LogP contribution < -0.4 is 10.8 Å². The Morgan fingerprint density at radius 1 is 1.53 bits per heavy atom. The van der Waals surface area contributed by atoms with Crippen LogP contribution in [0.1, 0.15) is 12.0 Å². The number of carbonyl (C=O) groups excluding carboxylic acids is 1. The van der Waals surface area contributed by atoms with Gasteiger partial charge in [0.05, 0.1) is 10.2 Å². The molecular weight excluding hydrogens is 212 g/mol. The molecule has 2 N–H and O–H groups in total. The van der Waals surface area contributed by atoms with Gasteiger partial charge in [0, 0.05) is 5.97 Å². The summed E-state index contributed by atoms with van der Waals surface area (Å²) in [4.78, 5) is 14.4. The maximum atomic E-state index is 10.3. The molecule has 0 saturated heterocycles. The molecule has 0 atom stereocenters. The van der Waals surface area contributed by atoms with Crippen LogP contribution in [0.25, 0.3) is 10.2 Å². The van der Waals surface area contributed by atoms with Crippen LogP contribution in [-0.2, 0) is 11.2 Å². The number of aliphatic carboxylic acids is 1. The number of anilines is 1. The van der Waals surface area contributed by atoms with Crippen LogP contribution in [0, 0.1) is 0 Å². The highest BCUT2D eigenvalue weighted by Crippen LogP contribution is 2.24. The lowest BCUT2D eigenvalue weighted by Crippen LogP contribution is -2.22. The van der Waals surface area contributed by atoms with Crippen LogP contribution in [0.3, 0.4) is 0 Å². The largest absolute Gasteiger partial charge is 0.550 e. The minimum atomic E-state index is -1.03. The Morgan fingerprint density at radius 3 is 3.07 bits per heavy atom. The smallest absolute Gasteiger partial charge is 0.181 e. The first-order chi connectivity index (χ1) is 7.15. The summed E-state index contributed by atoms with van der Waals surface area (Å²) in [5.74, 6) is -1.03. The zero-order valence-corrected chi connectivity index (χ0v) is 8.71. The highest BCUT2D eigenvalue weighted by molar-refractivity contribution is 7.22. The zero-order chi connectivity index (χ0) is 10.8. The first-order valence-electron chi connectivity index (χ1n) is 4.50. The van der Waals surface area contributed by atoms with Crippen LogP contribution in [0.4, 0.5) is 5.13 Å². The van der Waals surface area contributed by atoms with E-state index in [0.29, 0.717) is 11.6 Å². The van der Waals surface area contributed by atoms with Crippen molar-refractivity contribution in [3.8, 4) is 0 Å². The van der Waals surface area contributed by atoms with Crippen molar-refractivity contribution in [1.82, 2.24) is 4.98 Å². The Balaban J connectivity index is 2.26. The van der Waals surface area contributed by atoms with Crippen molar-refractivity contribution >= 4 is 32.7 Å². The number of fused-ring (bicyclic) bond motifs is 1. The van der Waals surface area contributed by atoms with E-state index in [4.69, 9.17) is 5.73 Å². The van der Waals surface area contributed by atoms with Crippen LogP contribution in [-0.4, -0.2) is 11.0 Å². The van der Waals surface area contributed by atoms with Crippen LogP contribution in [0.5, 0.6) is 0 Å². The molecule has 2 aromatic rings. The lowest BCUT2D eigenvalue weighted by atomic mass is 10.1. The van der Waals surface area contributed by atoms with Gasteiger partial charge in [-0.15, -0.1) is 0 Å². The first-order valence-corrected chi connectivity index (χ1v) is 5.31. The summed E-state index contributed by atoms with van der Waals surface area (Å²) in [6.07, 6.45) is 0.524. The third kappa shape index (κ3) is 2.24. The lowest BCUT2D eigenvalue weighted by molar-refractivity contribution is -0.305. The van der Waals surface area contributed by atoms with Crippen molar-refractivity contribution in [3.05, 3.63) is 23.8 Å². The van der Waals surface area contributed by atoms with E-state index in [1.165, 1.54) is 11.3 Å². The fourth-order valence-corrected chi connectivity index (χ4v) is 2.19. The molecule has 78 valence electrons. The Bertz CT molecular complexity index is 507. The van der Waals surface area contributed by atoms with E-state index in [9.17, 15) is 9.90 Å². The lowest BCUT2D eigenvalue weighted by Gasteiger charge is -2.01. The quantitative estimate of drug-likeness (QED) is 0.821. The summed E-state index contributed by atoms with van der Waals surface area (Å²) in [7, 11) is 0. The van der Waals surface area contributed by atoms with Gasteiger partial charge in [0.25, 0.3) is 0 Å². The standard InChI is InChI=1S/C10H10N2O2S/c11-10-12-7-3-1-6(2-4-9(13)14)5-8(7)15-10/h1,3,5H,2,4H2,(H2,11,12)(H,13,14)/p-1. The average Bonchev–Trinajstić information content (AvgIpc) is 2.53. The molecule has 0 radical (unpaired) electrons. The molecule has 5 heteroatoms. The van der Waals surface area contributed by atoms with E-state index in [1.807, 2.05) is 18.2 Å². The van der Waals surface area contributed by atoms with Crippen molar-refractivity contribution in [2.45, 2.75) is 12.8 Å². The highest BCUT2D eigenvalue weighted by Gasteiger charge is 2.02. The Morgan fingerprint density at radius 2 is 2.33 bits per heavy atom. The molecule has 0 aliphatic heterocycles. The van der Waals surface area contributed by atoms with Gasteiger partial charge in [-0.25, -0.2) is 4.98 Å². The minimum Gasteiger partial charge on any atom is -0.550 e. The second kappa shape index (κ2) is 3.86. The number of carboxylic acid groups (broad SMARTS) is 1. The van der Waals surface area contributed by atoms with Gasteiger partial charge in [-0.2, -0.15) is 0 Å². The number of carbonyl (C=O) groups is 1. The number of nitrogen functional groups attached to an aromatic ring is 1. The molecule has 0 amide bonds. The fourth-order valence-electron chi connectivity index (χ4n) is 1.39. The molecule has 0 unspecified atom stereocenters. The van der Waals surface area contributed by atoms with E-state index >= 15 is 0 Å². The van der Waals surface area contributed by atoms with Gasteiger partial charge >= 0.3 is 0 Å². The van der Waals surface area contributed by atoms with Gasteiger partial charge in [0.2, 0.25) is 0 Å². The summed E-state index contributed by atoms with van der Waals surface area (Å²) in [5.41, 5.74) is 7.39. The van der Waals surface area contributed by atoms with Crippen LogP contribution in [0.2, 0.25) is 0 Å². The molecule has 0 spiro atoms. The highest BCUT2D eigenvalue weighted by atomic mass is 32.1. The molecule has 1 aromatic carbocycles. The molecule has 0 aliphatic carbocycles. The zero-order valence-electron chi connectivity index (χ0n) is 7.90. The monoisotopic (exact) mass is 221 g/mol. The second-order valence-electron chi connectivity index (χ2n) is 3.23. The van der Waals surface area contributed by atoms with Crippen LogP contribution in [0.15, 0.2) is 18.2 Å². The molecule has 1 aromatic heterocycles. The summed E-state index contributed by atoms with van der Waals surface area (Å²) < 4.78 is 0.989. The summed E-state index contributed by atoms with van der Waals surface area (Å²) >= 11 is 1.40. The number of nitrogens with zero attached hydrogens (tertiary/aromatic N) is 1. The molecule has 4 nitrogen and oxygen atoms in total. The van der Waals surface area contributed by atoms with Crippen molar-refractivity contribution in [1.29, 1.82) is 0 Å². The Hall–Kier alpha value is -1.62. The average molecular weight is 221 g/mol. The number of benzene rings is 1. The number of hydrogen-bond acceptors (Lipinski definition) is 5. The molecule has 1 heterocycles. The third-order valence-electron chi connectivity index (χ3n) is 2.09. The Labute approximate surface area is 90.4 Å². The molecule has 2 rings (SSSR count). The van der Waals surface area contributed by atoms with E-state index in [-0.39, 0.29) is 6.42 Å². The topological polar surface area (TPSA) is 79.0 Å². The fraction of sp³-hybridized carbons (Fsp3) is 0.200. The molecule has 0 saturated carbocycles. The van der Waals surface area contributed by atoms with Gasteiger partial charge in [-0.05, 0) is 30.5 Å². The van der Waals surface area contributed by atoms with E-state index in [1.54, 1.807) is 0 Å². The normalized spacial score (nSPS) is 10.7. The second-order valence-corrected chi connectivity index (χ2v) is 4.29. The predicted octanol–water partition coefficient (Wildman–Crippen LogP) is 0.561. The molecule has 0 aliphatic rings. The number of carboxylic acids is 1. The van der Waals surface area contributed by atoms with Gasteiger partial charge < -0.3 is 15.6 Å². The van der Waals surface area contributed by atoms with Crippen molar-refractivity contribution in [2.24, 2.45) is 0 Å². The van der Waals surface area contributed by atoms with Gasteiger partial charge in [-0.3, -0.25) is 0 Å². The van der Waals surface area contributed by atoms with Gasteiger partial charge in [-0.1, -0.05) is 17.4 Å². The number of aromatic nitrogens is 1. The minimum absolute atomic E-state index is 0.0415. The molecule has 0 bridgehead atoms. The number of rotatable bonds is 3. The van der Waals surface area contributed by atoms with E-state index in [2.05, 4.69) is 4.98 Å². The predicted molar refractivity (Wildman–Crippen MR) is 57.4 cm³/mol. The van der Waals surface area contributed by atoms with Gasteiger partial charge in [0.1, 0.15) is 0 Å². The summed E-state index contributed by atoms with van der Waals surface area (Å²) in [5, 5.41) is 10.8. The number of nitrogens with two attached hydrogens (primary N) is 1. The van der Waals surface area contributed by atoms with Gasteiger partial charge in [0.15, 0.2) is 5.13 Å². The third-order valence-corrected chi connectivity index (χ3v) is 2.93. The first kappa shape index (κ1) is 9.92. The SMILES string of the molecule is Nc1nc2ccc(CCC(=O)[O-])cc2s1. The van der Waals surface area contributed by atoms with Crippen molar-refractivity contribution in [3.63, 3.8) is 0 Å². The molecular formula is C10H9N2O2S-. The number of thiazole rings is 1. The number of hydrogen-bond donors (Lipinski definition) is 1. The summed E-state index contributed by atoms with van der Waals surface area (Å²) in [6.45, 7) is 0. The maximum absolute atomic E-state index is 10.3. The van der Waals surface area contributed by atoms with Crippen molar-refractivity contribution in [2.75, 3.05) is 5.73 Å². The number of aryl methyl sites for hydroxylation is 1. The molecule has 0 fully saturated rings. The maximum Gasteiger partial charge on any atom is 0.181 e. The summed E-state index contributed by atoms with van der Waals surface area (Å²) in [6, 6.07) is 5.64. The molecule has 15 heavy (non-hydrogen) atoms. The van der Waals surface area contributed by atoms with Crippen molar-refractivity contribution < 1.29 is 9.90 Å². The van der Waals surface area contributed by atoms with E-state index in [0.717, 1.165) is 15.8 Å². The van der Waals surface area contributed by atoms with E-state index < -0.39 is 5.97 Å². The van der Waals surface area contributed by atoms with Crippen LogP contribution >= 0.6 is 11.3 Å².